The lowest BCUT2D eigenvalue weighted by atomic mass is 9.71. The molecule has 0 radical (unpaired) electrons. The van der Waals surface area contributed by atoms with Crippen molar-refractivity contribution in [2.75, 3.05) is 7.05 Å². The molecule has 2 bridgehead atoms. The number of carbonyl (C=O) groups excluding carboxylic acids is 3. The van der Waals surface area contributed by atoms with Gasteiger partial charge in [0.05, 0.1) is 12.0 Å². The number of nitrogens with zero attached hydrogens (tertiary/aromatic N) is 5. The molecule has 3 amide bonds. The molecule has 5 rings (SSSR count). The van der Waals surface area contributed by atoms with E-state index in [0.717, 1.165) is 31.5 Å². The van der Waals surface area contributed by atoms with Crippen LogP contribution in [-0.2, 0) is 20.9 Å². The zero-order valence-corrected chi connectivity index (χ0v) is 18.0. The molecule has 166 valence electrons. The van der Waals surface area contributed by atoms with Crippen molar-refractivity contribution in [3.8, 4) is 0 Å². The maximum Gasteiger partial charge on any atom is 0.270 e. The quantitative estimate of drug-likeness (QED) is 0.730. The number of carbonyl (C=O) groups is 3. The van der Waals surface area contributed by atoms with Gasteiger partial charge in [0.2, 0.25) is 17.7 Å². The van der Waals surface area contributed by atoms with Gasteiger partial charge in [-0.3, -0.25) is 14.4 Å². The van der Waals surface area contributed by atoms with E-state index in [1.54, 1.807) is 7.05 Å². The van der Waals surface area contributed by atoms with E-state index >= 15 is 0 Å². The number of amides is 3. The van der Waals surface area contributed by atoms with Gasteiger partial charge < -0.3 is 14.7 Å². The van der Waals surface area contributed by atoms with Crippen LogP contribution in [0.2, 0.25) is 0 Å². The number of fused-ring (bicyclic) bond motifs is 2. The Morgan fingerprint density at radius 1 is 1.23 bits per heavy atom. The first-order valence-corrected chi connectivity index (χ1v) is 11.2. The molecule has 1 saturated carbocycles. The SMILES string of the molecule is CC[C@]1(C(=O)NCc2nc(C3CC3)no2)C[C@H]2CC[C@@H]1N2C(=O)C1=NN(C)C(=O)CC1. The van der Waals surface area contributed by atoms with E-state index in [1.807, 2.05) is 11.8 Å². The third kappa shape index (κ3) is 3.32. The first kappa shape index (κ1) is 20.1. The molecule has 4 heterocycles. The van der Waals surface area contributed by atoms with Crippen molar-refractivity contribution in [3.05, 3.63) is 11.7 Å². The Balaban J connectivity index is 1.30. The van der Waals surface area contributed by atoms with Gasteiger partial charge in [-0.1, -0.05) is 12.1 Å². The molecule has 3 aliphatic heterocycles. The van der Waals surface area contributed by atoms with Crippen LogP contribution in [0.1, 0.15) is 75.9 Å². The Labute approximate surface area is 180 Å². The van der Waals surface area contributed by atoms with Crippen molar-refractivity contribution < 1.29 is 18.9 Å². The molecule has 4 aliphatic rings. The van der Waals surface area contributed by atoms with Crippen LogP contribution < -0.4 is 5.32 Å². The molecule has 3 atom stereocenters. The monoisotopic (exact) mass is 428 g/mol. The molecule has 1 aromatic heterocycles. The second-order valence-corrected chi connectivity index (χ2v) is 9.14. The van der Waals surface area contributed by atoms with Crippen LogP contribution in [0.4, 0.5) is 0 Å². The second kappa shape index (κ2) is 7.42. The summed E-state index contributed by atoms with van der Waals surface area (Å²) in [6.07, 6.45) is 5.80. The van der Waals surface area contributed by atoms with E-state index in [-0.39, 0.29) is 42.8 Å². The van der Waals surface area contributed by atoms with Crippen LogP contribution in [0.15, 0.2) is 9.62 Å². The fourth-order valence-electron chi connectivity index (χ4n) is 5.43. The molecule has 3 fully saturated rings. The first-order chi connectivity index (χ1) is 14.9. The highest BCUT2D eigenvalue weighted by Gasteiger charge is 2.60. The van der Waals surface area contributed by atoms with Crippen LogP contribution in [-0.4, -0.2) is 62.6 Å². The van der Waals surface area contributed by atoms with Crippen molar-refractivity contribution in [1.82, 2.24) is 25.4 Å². The molecule has 10 nitrogen and oxygen atoms in total. The summed E-state index contributed by atoms with van der Waals surface area (Å²) in [6, 6.07) is -0.135. The largest absolute Gasteiger partial charge is 0.346 e. The Hall–Kier alpha value is -2.78. The van der Waals surface area contributed by atoms with E-state index in [1.165, 1.54) is 5.01 Å². The van der Waals surface area contributed by atoms with E-state index in [2.05, 4.69) is 20.6 Å². The lowest BCUT2D eigenvalue weighted by Crippen LogP contribution is -2.50. The van der Waals surface area contributed by atoms with E-state index in [0.29, 0.717) is 36.8 Å². The van der Waals surface area contributed by atoms with Gasteiger partial charge in [-0.2, -0.15) is 10.1 Å². The second-order valence-electron chi connectivity index (χ2n) is 9.14. The summed E-state index contributed by atoms with van der Waals surface area (Å²) in [5.41, 5.74) is -0.223. The normalized spacial score (nSPS) is 30.0. The van der Waals surface area contributed by atoms with Crippen molar-refractivity contribution >= 4 is 23.4 Å². The molecule has 0 aromatic carbocycles. The lowest BCUT2D eigenvalue weighted by molar-refractivity contribution is -0.134. The Morgan fingerprint density at radius 3 is 2.74 bits per heavy atom. The highest BCUT2D eigenvalue weighted by Crippen LogP contribution is 2.52. The minimum absolute atomic E-state index is 0.0266. The number of nitrogens with one attached hydrogen (secondary N) is 1. The topological polar surface area (TPSA) is 121 Å². The number of rotatable bonds is 6. The minimum Gasteiger partial charge on any atom is -0.346 e. The Morgan fingerprint density at radius 2 is 2.03 bits per heavy atom. The van der Waals surface area contributed by atoms with Gasteiger partial charge in [-0.25, -0.2) is 5.01 Å². The number of aromatic nitrogens is 2. The molecule has 2 saturated heterocycles. The van der Waals surface area contributed by atoms with Crippen molar-refractivity contribution in [2.24, 2.45) is 10.5 Å². The van der Waals surface area contributed by atoms with Gasteiger partial charge in [0.1, 0.15) is 5.71 Å². The average molecular weight is 428 g/mol. The van der Waals surface area contributed by atoms with Crippen molar-refractivity contribution in [2.45, 2.75) is 82.8 Å². The zero-order valence-electron chi connectivity index (χ0n) is 18.0. The molecular formula is C21H28N6O4. The van der Waals surface area contributed by atoms with Gasteiger partial charge in [0, 0.05) is 37.9 Å². The van der Waals surface area contributed by atoms with E-state index in [9.17, 15) is 14.4 Å². The lowest BCUT2D eigenvalue weighted by Gasteiger charge is -2.35. The summed E-state index contributed by atoms with van der Waals surface area (Å²) in [6.45, 7) is 2.21. The Bertz CT molecular complexity index is 953. The molecule has 10 heteroatoms. The van der Waals surface area contributed by atoms with Crippen LogP contribution in [0.25, 0.3) is 0 Å². The summed E-state index contributed by atoms with van der Waals surface area (Å²) in [4.78, 5) is 44.6. The van der Waals surface area contributed by atoms with Gasteiger partial charge >= 0.3 is 0 Å². The minimum atomic E-state index is -0.630. The fraction of sp³-hybridized carbons (Fsp3) is 0.714. The van der Waals surface area contributed by atoms with Gasteiger partial charge in [-0.05, 0) is 38.5 Å². The summed E-state index contributed by atoms with van der Waals surface area (Å²) >= 11 is 0. The summed E-state index contributed by atoms with van der Waals surface area (Å²) in [5, 5.41) is 12.4. The van der Waals surface area contributed by atoms with Gasteiger partial charge in [0.25, 0.3) is 5.91 Å². The van der Waals surface area contributed by atoms with Crippen LogP contribution in [0.5, 0.6) is 0 Å². The highest BCUT2D eigenvalue weighted by atomic mass is 16.5. The standard InChI is InChI=1S/C21H28N6O4/c1-3-21(20(30)22-11-16-23-18(25-31-16)12-4-5-12)10-13-6-8-15(21)27(13)19(29)14-7-9-17(28)26(2)24-14/h12-13,15H,3-11H2,1-2H3,(H,22,30)/t13-,15+,21+/m1/s1. The molecule has 0 unspecified atom stereocenters. The maximum absolute atomic E-state index is 13.3. The van der Waals surface area contributed by atoms with Gasteiger partial charge in [-0.15, -0.1) is 0 Å². The zero-order chi connectivity index (χ0) is 21.8. The predicted octanol–water partition coefficient (Wildman–Crippen LogP) is 1.33. The maximum atomic E-state index is 13.3. The summed E-state index contributed by atoms with van der Waals surface area (Å²) in [5.74, 6) is 1.25. The van der Waals surface area contributed by atoms with E-state index in [4.69, 9.17) is 4.52 Å². The van der Waals surface area contributed by atoms with E-state index < -0.39 is 5.41 Å². The third-order valence-corrected chi connectivity index (χ3v) is 7.34. The fourth-order valence-corrected chi connectivity index (χ4v) is 5.43. The molecule has 1 N–H and O–H groups in total. The Kier molecular flexibility index (Phi) is 4.82. The van der Waals surface area contributed by atoms with Crippen LogP contribution >= 0.6 is 0 Å². The smallest absolute Gasteiger partial charge is 0.270 e. The summed E-state index contributed by atoms with van der Waals surface area (Å²) in [7, 11) is 1.57. The third-order valence-electron chi connectivity index (χ3n) is 7.34. The number of hydrogen-bond donors (Lipinski definition) is 1. The number of hydrazone groups is 1. The van der Waals surface area contributed by atoms with Crippen LogP contribution in [0.3, 0.4) is 0 Å². The molecular weight excluding hydrogens is 400 g/mol. The molecule has 1 aliphatic carbocycles. The molecule has 0 spiro atoms. The molecule has 31 heavy (non-hydrogen) atoms. The van der Waals surface area contributed by atoms with Gasteiger partial charge in [0.15, 0.2) is 5.82 Å². The van der Waals surface area contributed by atoms with Crippen LogP contribution in [0, 0.1) is 5.41 Å². The summed E-state index contributed by atoms with van der Waals surface area (Å²) < 4.78 is 5.28. The molecule has 1 aromatic rings. The first-order valence-electron chi connectivity index (χ1n) is 11.2. The van der Waals surface area contributed by atoms with Crippen molar-refractivity contribution in [1.29, 1.82) is 0 Å². The predicted molar refractivity (Wildman–Crippen MR) is 109 cm³/mol. The number of hydrogen-bond acceptors (Lipinski definition) is 7. The highest BCUT2D eigenvalue weighted by molar-refractivity contribution is 6.39. The average Bonchev–Trinajstić information content (AvgIpc) is 3.25. The van der Waals surface area contributed by atoms with Crippen molar-refractivity contribution in [3.63, 3.8) is 0 Å².